The molecule has 0 aliphatic carbocycles. The second kappa shape index (κ2) is 11.8. The van der Waals surface area contributed by atoms with E-state index in [2.05, 4.69) is 5.10 Å². The number of rotatable bonds is 10. The van der Waals surface area contributed by atoms with Crippen LogP contribution in [0.2, 0.25) is 0 Å². The second-order valence-corrected chi connectivity index (χ2v) is 10.3. The van der Waals surface area contributed by atoms with E-state index in [4.69, 9.17) is 12.2 Å². The van der Waals surface area contributed by atoms with Crippen LogP contribution in [0, 0.1) is 4.77 Å². The van der Waals surface area contributed by atoms with Crippen molar-refractivity contribution in [3.05, 3.63) is 62.7 Å². The molecule has 1 aliphatic heterocycles. The zero-order valence-electron chi connectivity index (χ0n) is 20.8. The summed E-state index contributed by atoms with van der Waals surface area (Å²) in [6.07, 6.45) is 7.51. The molecule has 0 N–H and O–H groups in total. The lowest BCUT2D eigenvalue weighted by Gasteiger charge is -2.22. The maximum atomic E-state index is 13.1. The monoisotopic (exact) mass is 544 g/mol. The van der Waals surface area contributed by atoms with E-state index in [-0.39, 0.29) is 21.6 Å². The highest BCUT2D eigenvalue weighted by molar-refractivity contribution is 7.85. The number of aromatic nitrogens is 2. The zero-order valence-corrected chi connectivity index (χ0v) is 22.5. The lowest BCUT2D eigenvalue weighted by Crippen LogP contribution is -2.30. The van der Waals surface area contributed by atoms with Gasteiger partial charge in [0.15, 0.2) is 4.77 Å². The Bertz CT molecular complexity index is 1500. The summed E-state index contributed by atoms with van der Waals surface area (Å²) in [5.74, 6) is -0.953. The van der Waals surface area contributed by atoms with E-state index in [0.29, 0.717) is 18.8 Å². The Balaban J connectivity index is 1.94. The molecular weight excluding hydrogens is 516 g/mol. The number of allylic oxidation sites excluding steroid dienone is 2. The van der Waals surface area contributed by atoms with Crippen LogP contribution in [0.4, 0.5) is 5.69 Å². The SMILES string of the molecule is CCCCn1c([O-])c(C=CC=C2C(=O)N(c3ccc(S(=O)(=O)[O-])cc3)N=C2C)c(=O)n(CCCC)c1=S. The largest absolute Gasteiger partial charge is 0.859 e. The van der Waals surface area contributed by atoms with Gasteiger partial charge in [-0.2, -0.15) is 10.1 Å². The minimum Gasteiger partial charge on any atom is -0.859 e. The van der Waals surface area contributed by atoms with Crippen molar-refractivity contribution in [3.63, 3.8) is 0 Å². The van der Waals surface area contributed by atoms with E-state index in [1.54, 1.807) is 6.92 Å². The molecular formula is C25H28N4O6S2-2. The highest BCUT2D eigenvalue weighted by Crippen LogP contribution is 2.25. The van der Waals surface area contributed by atoms with Crippen LogP contribution >= 0.6 is 12.2 Å². The van der Waals surface area contributed by atoms with E-state index >= 15 is 0 Å². The highest BCUT2D eigenvalue weighted by Gasteiger charge is 2.28. The van der Waals surface area contributed by atoms with Gasteiger partial charge < -0.3 is 14.2 Å². The number of amides is 1. The third-order valence-corrected chi connectivity index (χ3v) is 7.13. The number of hydrazone groups is 1. The fourth-order valence-electron chi connectivity index (χ4n) is 3.75. The molecule has 12 heteroatoms. The number of carbonyl (C=O) groups excluding carboxylic acids is 1. The molecule has 0 atom stereocenters. The Kier molecular flexibility index (Phi) is 9.00. The molecule has 1 aliphatic rings. The minimum atomic E-state index is -4.61. The summed E-state index contributed by atoms with van der Waals surface area (Å²) in [6, 6.07) is 4.83. The first-order chi connectivity index (χ1) is 17.5. The molecule has 0 saturated carbocycles. The van der Waals surface area contributed by atoms with Gasteiger partial charge in [-0.1, -0.05) is 32.8 Å². The van der Waals surface area contributed by atoms with E-state index in [9.17, 15) is 27.7 Å². The van der Waals surface area contributed by atoms with Gasteiger partial charge in [-0.15, -0.1) is 0 Å². The number of unbranched alkanes of at least 4 members (excludes halogenated alkanes) is 2. The zero-order chi connectivity index (χ0) is 27.3. The van der Waals surface area contributed by atoms with Crippen LogP contribution in [0.5, 0.6) is 5.88 Å². The van der Waals surface area contributed by atoms with Gasteiger partial charge in [-0.3, -0.25) is 14.2 Å². The van der Waals surface area contributed by atoms with Crippen molar-refractivity contribution >= 4 is 45.7 Å². The van der Waals surface area contributed by atoms with Crippen molar-refractivity contribution in [3.8, 4) is 5.88 Å². The molecule has 1 aromatic heterocycles. The van der Waals surface area contributed by atoms with Crippen molar-refractivity contribution in [1.29, 1.82) is 0 Å². The van der Waals surface area contributed by atoms with Crippen LogP contribution in [-0.4, -0.2) is 33.7 Å². The Morgan fingerprint density at radius 2 is 1.62 bits per heavy atom. The number of hydrogen-bond acceptors (Lipinski definition) is 8. The number of benzene rings is 1. The van der Waals surface area contributed by atoms with Gasteiger partial charge in [0.25, 0.3) is 11.5 Å². The summed E-state index contributed by atoms with van der Waals surface area (Å²) in [6.45, 7) is 6.44. The Morgan fingerprint density at radius 3 is 2.19 bits per heavy atom. The first kappa shape index (κ1) is 28.2. The summed E-state index contributed by atoms with van der Waals surface area (Å²) in [7, 11) is -4.61. The van der Waals surface area contributed by atoms with Gasteiger partial charge in [0.2, 0.25) is 0 Å². The molecule has 1 aromatic carbocycles. The molecule has 2 heterocycles. The van der Waals surface area contributed by atoms with Gasteiger partial charge in [0.1, 0.15) is 10.1 Å². The molecule has 3 rings (SSSR count). The lowest BCUT2D eigenvalue weighted by molar-refractivity contribution is -0.280. The maximum absolute atomic E-state index is 13.1. The molecule has 0 saturated heterocycles. The average Bonchev–Trinajstić information content (AvgIpc) is 3.14. The summed E-state index contributed by atoms with van der Waals surface area (Å²) < 4.78 is 36.6. The van der Waals surface area contributed by atoms with Gasteiger partial charge in [-0.05, 0) is 74.3 Å². The summed E-state index contributed by atoms with van der Waals surface area (Å²) in [4.78, 5) is 25.6. The fourth-order valence-corrected chi connectivity index (χ4v) is 4.57. The highest BCUT2D eigenvalue weighted by atomic mass is 32.2. The molecule has 0 bridgehead atoms. The van der Waals surface area contributed by atoms with E-state index in [0.717, 1.165) is 42.8 Å². The Morgan fingerprint density at radius 1 is 1.03 bits per heavy atom. The van der Waals surface area contributed by atoms with Crippen LogP contribution in [-0.2, 0) is 28.0 Å². The average molecular weight is 545 g/mol. The summed E-state index contributed by atoms with van der Waals surface area (Å²) in [5, 5.41) is 18.4. The molecule has 0 spiro atoms. The van der Waals surface area contributed by atoms with Gasteiger partial charge >= 0.3 is 0 Å². The lowest BCUT2D eigenvalue weighted by atomic mass is 10.1. The normalized spacial score (nSPS) is 15.2. The minimum absolute atomic E-state index is 0.0380. The first-order valence-corrected chi connectivity index (χ1v) is 13.7. The standard InChI is InChI=1S/C25H30N4O6S2/c1-4-6-15-27-22(30)21(23(31)28(25(27)36)16-7-5-2)10-8-9-20-17(3)26-29(24(20)32)18-11-13-19(14-12-18)37(33,34)35/h8-14,30H,4-7,15-16H2,1-3H3,(H,33,34,35)/p-2. The molecule has 1 amide bonds. The van der Waals surface area contributed by atoms with Crippen LogP contribution in [0.15, 0.2) is 56.8 Å². The topological polar surface area (TPSA) is 140 Å². The number of anilines is 1. The number of hydrogen-bond donors (Lipinski definition) is 0. The van der Waals surface area contributed by atoms with Crippen molar-refractivity contribution in [2.24, 2.45) is 5.10 Å². The summed E-state index contributed by atoms with van der Waals surface area (Å²) in [5.41, 5.74) is 0.391. The predicted octanol–water partition coefficient (Wildman–Crippen LogP) is 3.32. The predicted molar refractivity (Wildman–Crippen MR) is 141 cm³/mol. The molecule has 0 unspecified atom stereocenters. The third-order valence-electron chi connectivity index (χ3n) is 5.84. The summed E-state index contributed by atoms with van der Waals surface area (Å²) >= 11 is 5.45. The fraction of sp³-hybridized carbons (Fsp3) is 0.360. The van der Waals surface area contributed by atoms with E-state index in [1.165, 1.54) is 39.5 Å². The van der Waals surface area contributed by atoms with Crippen LogP contribution < -0.4 is 15.7 Å². The van der Waals surface area contributed by atoms with E-state index in [1.807, 2.05) is 13.8 Å². The molecule has 198 valence electrons. The first-order valence-electron chi connectivity index (χ1n) is 11.9. The van der Waals surface area contributed by atoms with E-state index < -0.39 is 32.4 Å². The molecule has 2 aromatic rings. The van der Waals surface area contributed by atoms with Crippen LogP contribution in [0.3, 0.4) is 0 Å². The molecule has 10 nitrogen and oxygen atoms in total. The van der Waals surface area contributed by atoms with Gasteiger partial charge in [0, 0.05) is 18.7 Å². The van der Waals surface area contributed by atoms with Crippen molar-refractivity contribution in [2.45, 2.75) is 64.4 Å². The number of carbonyl (C=O) groups is 1. The Labute approximate surface area is 220 Å². The van der Waals surface area contributed by atoms with Crippen molar-refractivity contribution < 1.29 is 22.9 Å². The van der Waals surface area contributed by atoms with Crippen LogP contribution in [0.1, 0.15) is 52.0 Å². The molecule has 0 radical (unpaired) electrons. The number of nitrogens with zero attached hydrogens (tertiary/aromatic N) is 4. The Hall–Kier alpha value is -3.35. The van der Waals surface area contributed by atoms with Gasteiger partial charge in [0.05, 0.1) is 21.9 Å². The quantitative estimate of drug-likeness (QED) is 0.254. The van der Waals surface area contributed by atoms with Crippen LogP contribution in [0.25, 0.3) is 6.08 Å². The smallest absolute Gasteiger partial charge is 0.280 e. The maximum Gasteiger partial charge on any atom is 0.280 e. The second-order valence-electron chi connectivity index (χ2n) is 8.51. The molecule has 37 heavy (non-hydrogen) atoms. The van der Waals surface area contributed by atoms with Gasteiger partial charge in [-0.25, -0.2) is 8.42 Å². The van der Waals surface area contributed by atoms with Crippen molar-refractivity contribution in [2.75, 3.05) is 5.01 Å². The molecule has 0 fully saturated rings. The third kappa shape index (κ3) is 6.14. The van der Waals surface area contributed by atoms with Crippen molar-refractivity contribution in [1.82, 2.24) is 9.13 Å².